The van der Waals surface area contributed by atoms with Gasteiger partial charge >= 0.3 is 0 Å². The first kappa shape index (κ1) is 20.3. The summed E-state index contributed by atoms with van der Waals surface area (Å²) in [6.45, 7) is 9.46. The zero-order valence-electron chi connectivity index (χ0n) is 17.8. The van der Waals surface area contributed by atoms with Gasteiger partial charge in [0, 0.05) is 63.7 Å². The second-order valence-electron chi connectivity index (χ2n) is 9.03. The van der Waals surface area contributed by atoms with E-state index in [4.69, 9.17) is 4.98 Å². The summed E-state index contributed by atoms with van der Waals surface area (Å²) in [7, 11) is 0. The van der Waals surface area contributed by atoms with Gasteiger partial charge in [-0.3, -0.25) is 14.5 Å². The molecule has 158 valence electrons. The van der Waals surface area contributed by atoms with Gasteiger partial charge in [-0.1, -0.05) is 6.92 Å². The molecule has 0 aliphatic carbocycles. The molecule has 7 heteroatoms. The van der Waals surface area contributed by atoms with Crippen LogP contribution in [0, 0.1) is 5.92 Å². The Hall–Kier alpha value is -2.02. The van der Waals surface area contributed by atoms with Crippen LogP contribution < -0.4 is 0 Å². The van der Waals surface area contributed by atoms with Crippen molar-refractivity contribution in [1.29, 1.82) is 0 Å². The van der Waals surface area contributed by atoms with Crippen LogP contribution in [0.25, 0.3) is 0 Å². The number of fused-ring (bicyclic) bond motifs is 1. The summed E-state index contributed by atoms with van der Waals surface area (Å²) in [4.78, 5) is 40.0. The second-order valence-corrected chi connectivity index (χ2v) is 9.03. The number of rotatable bonds is 3. The Balaban J connectivity index is 1.34. The maximum absolute atomic E-state index is 12.8. The lowest BCUT2D eigenvalue weighted by molar-refractivity contribution is -0.134. The van der Waals surface area contributed by atoms with E-state index in [-0.39, 0.29) is 11.8 Å². The van der Waals surface area contributed by atoms with Crippen molar-refractivity contribution in [3.05, 3.63) is 23.3 Å². The third-order valence-electron chi connectivity index (χ3n) is 6.71. The van der Waals surface area contributed by atoms with Crippen molar-refractivity contribution in [3.8, 4) is 0 Å². The summed E-state index contributed by atoms with van der Waals surface area (Å²) in [5, 5.41) is 0. The minimum atomic E-state index is 0.151. The summed E-state index contributed by atoms with van der Waals surface area (Å²) in [6.07, 6.45) is 7.06. The molecule has 0 radical (unpaired) electrons. The summed E-state index contributed by atoms with van der Waals surface area (Å²) in [6, 6.07) is 0. The summed E-state index contributed by atoms with van der Waals surface area (Å²) in [5.41, 5.74) is 2.18. The fourth-order valence-corrected chi connectivity index (χ4v) is 4.92. The van der Waals surface area contributed by atoms with Crippen LogP contribution in [0.15, 0.2) is 6.20 Å². The lowest BCUT2D eigenvalue weighted by Gasteiger charge is -2.34. The van der Waals surface area contributed by atoms with E-state index in [1.165, 1.54) is 12.8 Å². The number of hydrogen-bond acceptors (Lipinski definition) is 5. The fraction of sp³-hybridized carbons (Fsp3) is 0.727. The predicted octanol–water partition coefficient (Wildman–Crippen LogP) is 1.82. The van der Waals surface area contributed by atoms with E-state index >= 15 is 0 Å². The number of hydrogen-bond donors (Lipinski definition) is 0. The molecule has 3 aliphatic rings. The smallest absolute Gasteiger partial charge is 0.237 e. The van der Waals surface area contributed by atoms with E-state index in [0.29, 0.717) is 24.9 Å². The van der Waals surface area contributed by atoms with Crippen LogP contribution in [0.4, 0.5) is 0 Å². The summed E-state index contributed by atoms with van der Waals surface area (Å²) < 4.78 is 0. The molecule has 3 aliphatic heterocycles. The first-order chi connectivity index (χ1) is 14.0. The van der Waals surface area contributed by atoms with Crippen molar-refractivity contribution in [2.75, 3.05) is 39.3 Å². The number of nitrogens with zero attached hydrogens (tertiary/aromatic N) is 5. The first-order valence-corrected chi connectivity index (χ1v) is 11.1. The van der Waals surface area contributed by atoms with Gasteiger partial charge in [-0.15, -0.1) is 0 Å². The number of amides is 2. The van der Waals surface area contributed by atoms with Gasteiger partial charge in [0.05, 0.1) is 12.2 Å². The van der Waals surface area contributed by atoms with Crippen molar-refractivity contribution >= 4 is 11.8 Å². The monoisotopic (exact) mass is 399 g/mol. The molecule has 0 N–H and O–H groups in total. The quantitative estimate of drug-likeness (QED) is 0.775. The molecule has 4 heterocycles. The van der Waals surface area contributed by atoms with Gasteiger partial charge in [0.2, 0.25) is 11.8 Å². The predicted molar refractivity (Wildman–Crippen MR) is 110 cm³/mol. The third kappa shape index (κ3) is 4.77. The molecule has 7 nitrogen and oxygen atoms in total. The molecule has 2 fully saturated rings. The Bertz CT molecular complexity index is 760. The standard InChI is InChI=1S/C22H33N5O2/c1-16-4-3-8-25(13-16)15-21(29)27-11-7-20-19(14-27)12-23-22(24-20)18-5-9-26(10-6-18)17(2)28/h12,16,18H,3-11,13-15H2,1-2H3. The Morgan fingerprint density at radius 1 is 1.10 bits per heavy atom. The highest BCUT2D eigenvalue weighted by molar-refractivity contribution is 5.78. The topological polar surface area (TPSA) is 69.6 Å². The van der Waals surface area contributed by atoms with E-state index < -0.39 is 0 Å². The summed E-state index contributed by atoms with van der Waals surface area (Å²) in [5.74, 6) is 2.31. The van der Waals surface area contributed by atoms with Crippen LogP contribution in [0.5, 0.6) is 0 Å². The van der Waals surface area contributed by atoms with E-state index in [0.717, 1.165) is 69.1 Å². The van der Waals surface area contributed by atoms with Gasteiger partial charge in [0.1, 0.15) is 5.82 Å². The highest BCUT2D eigenvalue weighted by Crippen LogP contribution is 2.27. The molecule has 4 rings (SSSR count). The molecule has 0 spiro atoms. The molecular weight excluding hydrogens is 366 g/mol. The van der Waals surface area contributed by atoms with Crippen molar-refractivity contribution in [2.45, 2.75) is 58.4 Å². The number of piperidine rings is 2. The van der Waals surface area contributed by atoms with Crippen LogP contribution in [-0.4, -0.2) is 75.8 Å². The maximum atomic E-state index is 12.8. The molecule has 29 heavy (non-hydrogen) atoms. The van der Waals surface area contributed by atoms with Crippen LogP contribution in [0.1, 0.15) is 62.5 Å². The van der Waals surface area contributed by atoms with E-state index in [1.807, 2.05) is 16.0 Å². The second kappa shape index (κ2) is 8.78. The number of likely N-dealkylation sites (tertiary alicyclic amines) is 2. The minimum Gasteiger partial charge on any atom is -0.343 e. The lowest BCUT2D eigenvalue weighted by atomic mass is 9.95. The average molecular weight is 400 g/mol. The van der Waals surface area contributed by atoms with Gasteiger partial charge in [0.15, 0.2) is 0 Å². The number of carbonyl (C=O) groups excluding carboxylic acids is 2. The van der Waals surface area contributed by atoms with Crippen LogP contribution in [-0.2, 0) is 22.6 Å². The Kier molecular flexibility index (Phi) is 6.13. The summed E-state index contributed by atoms with van der Waals surface area (Å²) >= 11 is 0. The Labute approximate surface area is 173 Å². The van der Waals surface area contributed by atoms with E-state index in [9.17, 15) is 9.59 Å². The van der Waals surface area contributed by atoms with Crippen LogP contribution >= 0.6 is 0 Å². The lowest BCUT2D eigenvalue weighted by Crippen LogP contribution is -2.45. The first-order valence-electron chi connectivity index (χ1n) is 11.1. The van der Waals surface area contributed by atoms with Gasteiger partial charge < -0.3 is 9.80 Å². The molecule has 0 bridgehead atoms. The van der Waals surface area contributed by atoms with E-state index in [1.54, 1.807) is 6.92 Å². The highest BCUT2D eigenvalue weighted by atomic mass is 16.2. The Morgan fingerprint density at radius 2 is 1.90 bits per heavy atom. The van der Waals surface area contributed by atoms with Crippen LogP contribution in [0.3, 0.4) is 0 Å². The molecule has 1 aromatic rings. The number of aromatic nitrogens is 2. The van der Waals surface area contributed by atoms with Gasteiger partial charge in [-0.2, -0.15) is 0 Å². The number of carbonyl (C=O) groups is 2. The van der Waals surface area contributed by atoms with Crippen molar-refractivity contribution < 1.29 is 9.59 Å². The third-order valence-corrected chi connectivity index (χ3v) is 6.71. The normalized spacial score (nSPS) is 23.7. The van der Waals surface area contributed by atoms with Gasteiger partial charge in [0.25, 0.3) is 0 Å². The molecule has 0 saturated carbocycles. The minimum absolute atomic E-state index is 0.151. The molecule has 2 amide bonds. The molecule has 0 aromatic carbocycles. The Morgan fingerprint density at radius 3 is 2.62 bits per heavy atom. The molecule has 1 unspecified atom stereocenters. The van der Waals surface area contributed by atoms with Crippen molar-refractivity contribution in [3.63, 3.8) is 0 Å². The molecule has 2 saturated heterocycles. The zero-order valence-corrected chi connectivity index (χ0v) is 17.8. The van der Waals surface area contributed by atoms with Gasteiger partial charge in [-0.25, -0.2) is 9.97 Å². The SMILES string of the molecule is CC(=O)N1CCC(c2ncc3c(n2)CCN(C(=O)CN2CCCC(C)C2)C3)CC1. The average Bonchev–Trinajstić information content (AvgIpc) is 2.73. The fourth-order valence-electron chi connectivity index (χ4n) is 4.92. The van der Waals surface area contributed by atoms with Crippen LogP contribution in [0.2, 0.25) is 0 Å². The van der Waals surface area contributed by atoms with Gasteiger partial charge in [-0.05, 0) is 38.1 Å². The molecular formula is C22H33N5O2. The highest BCUT2D eigenvalue weighted by Gasteiger charge is 2.28. The van der Waals surface area contributed by atoms with Crippen molar-refractivity contribution in [2.24, 2.45) is 5.92 Å². The molecule has 1 atom stereocenters. The maximum Gasteiger partial charge on any atom is 0.237 e. The van der Waals surface area contributed by atoms with Crippen molar-refractivity contribution in [1.82, 2.24) is 24.7 Å². The molecule has 1 aromatic heterocycles. The zero-order chi connectivity index (χ0) is 20.4. The van der Waals surface area contributed by atoms with E-state index in [2.05, 4.69) is 16.8 Å². The largest absolute Gasteiger partial charge is 0.343 e.